The van der Waals surface area contributed by atoms with E-state index in [1.807, 2.05) is 41.8 Å². The van der Waals surface area contributed by atoms with Gasteiger partial charge in [-0.25, -0.2) is 9.97 Å². The van der Waals surface area contributed by atoms with E-state index in [2.05, 4.69) is 15.3 Å². The van der Waals surface area contributed by atoms with Gasteiger partial charge in [0.15, 0.2) is 5.13 Å². The van der Waals surface area contributed by atoms with Crippen LogP contribution in [0.4, 0.5) is 16.6 Å². The van der Waals surface area contributed by atoms with Gasteiger partial charge in [-0.1, -0.05) is 30.3 Å². The van der Waals surface area contributed by atoms with Gasteiger partial charge in [0.05, 0.1) is 16.9 Å². The quantitative estimate of drug-likeness (QED) is 0.487. The van der Waals surface area contributed by atoms with Crippen molar-refractivity contribution in [2.75, 3.05) is 16.8 Å². The van der Waals surface area contributed by atoms with Crippen LogP contribution in [0.25, 0.3) is 21.5 Å². The number of thiazole rings is 1. The summed E-state index contributed by atoms with van der Waals surface area (Å²) < 4.78 is 0. The average Bonchev–Trinajstić information content (AvgIpc) is 3.26. The van der Waals surface area contributed by atoms with E-state index >= 15 is 0 Å². The third kappa shape index (κ3) is 3.08. The van der Waals surface area contributed by atoms with Gasteiger partial charge in [-0.15, -0.1) is 22.7 Å². The van der Waals surface area contributed by atoms with Gasteiger partial charge in [0.25, 0.3) is 5.91 Å². The number of benzene rings is 1. The number of amides is 1. The van der Waals surface area contributed by atoms with Gasteiger partial charge in [0.1, 0.15) is 21.6 Å². The first-order valence-electron chi connectivity index (χ1n) is 7.77. The van der Waals surface area contributed by atoms with Gasteiger partial charge in [0, 0.05) is 16.3 Å². The first kappa shape index (κ1) is 17.0. The molecule has 0 aliphatic carbocycles. The molecule has 5 N–H and O–H groups in total. The standard InChI is InChI=1S/C18H12N6OS2/c19-7-10-6-11-13(20)14(27-17(11)23-15(10)21)16(25)24-18-22-12(8-26-18)9-4-2-1-3-5-9/h1-6,8H,20H2,(H2,21,23)(H,22,24,25). The normalized spacial score (nSPS) is 10.6. The van der Waals surface area contributed by atoms with Crippen molar-refractivity contribution in [1.82, 2.24) is 9.97 Å². The van der Waals surface area contributed by atoms with Crippen LogP contribution in [0, 0.1) is 11.3 Å². The number of nitrogens with zero attached hydrogens (tertiary/aromatic N) is 3. The molecular weight excluding hydrogens is 380 g/mol. The molecule has 0 fully saturated rings. The minimum atomic E-state index is -0.374. The fourth-order valence-corrected chi connectivity index (χ4v) is 4.23. The zero-order chi connectivity index (χ0) is 19.0. The predicted octanol–water partition coefficient (Wildman–Crippen LogP) is 3.71. The van der Waals surface area contributed by atoms with E-state index in [0.717, 1.165) is 22.6 Å². The Morgan fingerprint density at radius 1 is 1.19 bits per heavy atom. The molecule has 0 aliphatic heterocycles. The molecule has 0 saturated heterocycles. The second-order valence-corrected chi connectivity index (χ2v) is 7.45. The summed E-state index contributed by atoms with van der Waals surface area (Å²) in [6.07, 6.45) is 0. The highest BCUT2D eigenvalue weighted by Gasteiger charge is 2.20. The Labute approximate surface area is 161 Å². The number of aromatic nitrogens is 2. The highest BCUT2D eigenvalue weighted by molar-refractivity contribution is 7.21. The van der Waals surface area contributed by atoms with Crippen LogP contribution in [0.5, 0.6) is 0 Å². The second-order valence-electron chi connectivity index (χ2n) is 5.59. The largest absolute Gasteiger partial charge is 0.397 e. The van der Waals surface area contributed by atoms with Crippen molar-refractivity contribution in [2.45, 2.75) is 0 Å². The SMILES string of the molecule is N#Cc1cc2c(N)c(C(=O)Nc3nc(-c4ccccc4)cs3)sc2nc1N. The smallest absolute Gasteiger partial charge is 0.269 e. The van der Waals surface area contributed by atoms with Crippen molar-refractivity contribution in [3.63, 3.8) is 0 Å². The predicted molar refractivity (Wildman–Crippen MR) is 109 cm³/mol. The Kier molecular flexibility index (Phi) is 4.19. The fraction of sp³-hybridized carbons (Fsp3) is 0. The lowest BCUT2D eigenvalue weighted by Crippen LogP contribution is -2.11. The van der Waals surface area contributed by atoms with Crippen LogP contribution in [0.1, 0.15) is 15.2 Å². The van der Waals surface area contributed by atoms with Crippen molar-refractivity contribution in [3.05, 3.63) is 52.2 Å². The first-order chi connectivity index (χ1) is 13.1. The number of nitriles is 1. The number of nitrogens with one attached hydrogen (secondary N) is 1. The van der Waals surface area contributed by atoms with E-state index in [0.29, 0.717) is 20.2 Å². The van der Waals surface area contributed by atoms with Crippen molar-refractivity contribution in [3.8, 4) is 17.3 Å². The molecule has 0 aliphatic rings. The maximum absolute atomic E-state index is 12.7. The number of carbonyl (C=O) groups is 1. The Morgan fingerprint density at radius 2 is 1.96 bits per heavy atom. The molecule has 4 rings (SSSR count). The van der Waals surface area contributed by atoms with Crippen LogP contribution < -0.4 is 16.8 Å². The maximum Gasteiger partial charge on any atom is 0.269 e. The van der Waals surface area contributed by atoms with Crippen LogP contribution in [0.2, 0.25) is 0 Å². The molecule has 0 spiro atoms. The number of pyridine rings is 1. The van der Waals surface area contributed by atoms with Gasteiger partial charge >= 0.3 is 0 Å². The fourth-order valence-electron chi connectivity index (χ4n) is 2.54. The highest BCUT2D eigenvalue weighted by Crippen LogP contribution is 2.35. The van der Waals surface area contributed by atoms with E-state index in [4.69, 9.17) is 16.7 Å². The number of nitrogen functional groups attached to an aromatic ring is 2. The maximum atomic E-state index is 12.7. The minimum Gasteiger partial charge on any atom is -0.397 e. The van der Waals surface area contributed by atoms with Crippen LogP contribution in [0.15, 0.2) is 41.8 Å². The van der Waals surface area contributed by atoms with Gasteiger partial charge in [-0.2, -0.15) is 5.26 Å². The monoisotopic (exact) mass is 392 g/mol. The van der Waals surface area contributed by atoms with Crippen molar-refractivity contribution in [2.24, 2.45) is 0 Å². The Bertz CT molecular complexity index is 1210. The number of anilines is 3. The second kappa shape index (κ2) is 6.68. The molecule has 0 atom stereocenters. The van der Waals surface area contributed by atoms with Gasteiger partial charge in [0.2, 0.25) is 0 Å². The lowest BCUT2D eigenvalue weighted by molar-refractivity contribution is 0.103. The number of fused-ring (bicyclic) bond motifs is 1. The molecule has 4 aromatic rings. The number of hydrogen-bond donors (Lipinski definition) is 3. The van der Waals surface area contributed by atoms with Gasteiger partial charge < -0.3 is 11.5 Å². The van der Waals surface area contributed by atoms with E-state index in [1.165, 1.54) is 11.3 Å². The van der Waals surface area contributed by atoms with E-state index in [9.17, 15) is 4.79 Å². The number of carbonyl (C=O) groups excluding carboxylic acids is 1. The molecule has 0 unspecified atom stereocenters. The van der Waals surface area contributed by atoms with Gasteiger partial charge in [-0.3, -0.25) is 10.1 Å². The zero-order valence-corrected chi connectivity index (χ0v) is 15.4. The number of thiophene rings is 1. The van der Waals surface area contributed by atoms with Crippen LogP contribution >= 0.6 is 22.7 Å². The molecule has 1 amide bonds. The molecule has 0 saturated carbocycles. The van der Waals surface area contributed by atoms with E-state index in [-0.39, 0.29) is 23.0 Å². The highest BCUT2D eigenvalue weighted by atomic mass is 32.1. The molecule has 1 aromatic carbocycles. The van der Waals surface area contributed by atoms with E-state index in [1.54, 1.807) is 6.07 Å². The molecule has 132 valence electrons. The topological polar surface area (TPSA) is 131 Å². The molecule has 27 heavy (non-hydrogen) atoms. The third-order valence-electron chi connectivity index (χ3n) is 3.87. The molecule has 3 heterocycles. The molecular formula is C18H12N6OS2. The third-order valence-corrected chi connectivity index (χ3v) is 5.74. The summed E-state index contributed by atoms with van der Waals surface area (Å²) in [5.74, 6) is -0.257. The summed E-state index contributed by atoms with van der Waals surface area (Å²) in [5, 5.41) is 14.7. The van der Waals surface area contributed by atoms with Crippen molar-refractivity contribution < 1.29 is 4.79 Å². The van der Waals surface area contributed by atoms with Crippen molar-refractivity contribution >= 4 is 55.4 Å². The Hall–Kier alpha value is -3.48. The summed E-state index contributed by atoms with van der Waals surface area (Å²) in [6.45, 7) is 0. The van der Waals surface area contributed by atoms with Crippen LogP contribution in [-0.4, -0.2) is 15.9 Å². The minimum absolute atomic E-state index is 0.116. The Morgan fingerprint density at radius 3 is 2.70 bits per heavy atom. The van der Waals surface area contributed by atoms with Crippen LogP contribution in [-0.2, 0) is 0 Å². The zero-order valence-electron chi connectivity index (χ0n) is 13.8. The molecule has 7 nitrogen and oxygen atoms in total. The number of rotatable bonds is 3. The summed E-state index contributed by atoms with van der Waals surface area (Å²) >= 11 is 2.46. The Balaban J connectivity index is 1.63. The molecule has 0 bridgehead atoms. The summed E-state index contributed by atoms with van der Waals surface area (Å²) in [6, 6.07) is 13.2. The molecule has 3 aromatic heterocycles. The summed E-state index contributed by atoms with van der Waals surface area (Å²) in [5.41, 5.74) is 14.1. The lowest BCUT2D eigenvalue weighted by Gasteiger charge is -2.00. The lowest BCUT2D eigenvalue weighted by atomic mass is 10.2. The number of nitrogens with two attached hydrogens (primary N) is 2. The average molecular weight is 392 g/mol. The molecule has 0 radical (unpaired) electrons. The number of hydrogen-bond acceptors (Lipinski definition) is 8. The summed E-state index contributed by atoms with van der Waals surface area (Å²) in [7, 11) is 0. The van der Waals surface area contributed by atoms with Gasteiger partial charge in [-0.05, 0) is 6.07 Å². The molecule has 9 heteroatoms. The first-order valence-corrected chi connectivity index (χ1v) is 9.47. The van der Waals surface area contributed by atoms with E-state index < -0.39 is 0 Å². The van der Waals surface area contributed by atoms with Crippen LogP contribution in [0.3, 0.4) is 0 Å². The van der Waals surface area contributed by atoms with Crippen molar-refractivity contribution in [1.29, 1.82) is 5.26 Å². The summed E-state index contributed by atoms with van der Waals surface area (Å²) in [4.78, 5) is 22.1.